The van der Waals surface area contributed by atoms with Gasteiger partial charge in [0.25, 0.3) is 0 Å². The summed E-state index contributed by atoms with van der Waals surface area (Å²) in [6, 6.07) is 21.6. The van der Waals surface area contributed by atoms with Crippen LogP contribution in [0, 0.1) is 0 Å². The number of carbonyl (C=O) groups is 2. The van der Waals surface area contributed by atoms with Crippen molar-refractivity contribution in [1.29, 1.82) is 0 Å². The van der Waals surface area contributed by atoms with E-state index in [-0.39, 0.29) is 60.9 Å². The number of amides is 2. The predicted molar refractivity (Wildman–Crippen MR) is 140 cm³/mol. The maximum absolute atomic E-state index is 12.2. The van der Waals surface area contributed by atoms with Gasteiger partial charge in [0, 0.05) is 24.0 Å². The third kappa shape index (κ3) is 9.98. The van der Waals surface area contributed by atoms with Crippen molar-refractivity contribution in [2.24, 2.45) is 0 Å². The number of hydrogen-bond donors (Lipinski definition) is 6. The molecule has 2 atom stereocenters. The molecule has 0 saturated heterocycles. The fourth-order valence-corrected chi connectivity index (χ4v) is 3.27. The van der Waals surface area contributed by atoms with Crippen molar-refractivity contribution in [1.82, 2.24) is 5.32 Å². The van der Waals surface area contributed by atoms with Gasteiger partial charge in [-0.15, -0.1) is 0 Å². The molecule has 0 aromatic heterocycles. The standard InChI is InChI=1S/C26H29N3O6.Na.H/c30-16-22(27-15-23(31)17-35-24-4-2-1-3-5-24)14-18-6-10-20(11-7-18)28-26(34)29-21-12-8-19(9-13-21)25(32)33;;/h1-13,22-23,27,30-31H,14-17H2,(H,32,33)(H2,28,29,34);;/t22-,23-;;/m0../s1. The fourth-order valence-electron chi connectivity index (χ4n) is 3.27. The Morgan fingerprint density at radius 2 is 1.44 bits per heavy atom. The molecule has 6 N–H and O–H groups in total. The summed E-state index contributed by atoms with van der Waals surface area (Å²) in [5.41, 5.74) is 2.13. The molecule has 186 valence electrons. The van der Waals surface area contributed by atoms with Gasteiger partial charge in [0.05, 0.1) is 12.2 Å². The van der Waals surface area contributed by atoms with Crippen LogP contribution < -0.4 is 20.7 Å². The number of carboxylic acids is 1. The number of hydrogen-bond acceptors (Lipinski definition) is 6. The first kappa shape index (κ1) is 29.3. The van der Waals surface area contributed by atoms with Crippen LogP contribution in [0.5, 0.6) is 5.75 Å². The molecule has 9 nitrogen and oxygen atoms in total. The molecule has 0 unspecified atom stereocenters. The fraction of sp³-hybridized carbons (Fsp3) is 0.231. The van der Waals surface area contributed by atoms with Gasteiger partial charge in [-0.05, 0) is 60.5 Å². The molecular formula is C26H30N3NaO6. The van der Waals surface area contributed by atoms with Gasteiger partial charge in [0.2, 0.25) is 0 Å². The van der Waals surface area contributed by atoms with E-state index in [1.54, 1.807) is 12.1 Å². The Morgan fingerprint density at radius 1 is 0.861 bits per heavy atom. The number of urea groups is 1. The van der Waals surface area contributed by atoms with Gasteiger partial charge in [0.15, 0.2) is 0 Å². The molecule has 0 aliphatic heterocycles. The molecule has 3 rings (SSSR count). The number of para-hydroxylation sites is 1. The van der Waals surface area contributed by atoms with Gasteiger partial charge in [-0.25, -0.2) is 9.59 Å². The summed E-state index contributed by atoms with van der Waals surface area (Å²) in [7, 11) is 0. The molecule has 10 heteroatoms. The molecule has 36 heavy (non-hydrogen) atoms. The van der Waals surface area contributed by atoms with Crippen molar-refractivity contribution in [3.63, 3.8) is 0 Å². The van der Waals surface area contributed by atoms with Crippen LogP contribution >= 0.6 is 0 Å². The zero-order chi connectivity index (χ0) is 25.0. The van der Waals surface area contributed by atoms with Crippen LogP contribution in [0.4, 0.5) is 16.2 Å². The van der Waals surface area contributed by atoms with Gasteiger partial charge < -0.3 is 36.0 Å². The Morgan fingerprint density at radius 3 is 2.00 bits per heavy atom. The first-order valence-electron chi connectivity index (χ1n) is 11.1. The summed E-state index contributed by atoms with van der Waals surface area (Å²) in [5, 5.41) is 37.3. The average molecular weight is 504 g/mol. The van der Waals surface area contributed by atoms with E-state index in [4.69, 9.17) is 9.84 Å². The van der Waals surface area contributed by atoms with Crippen LogP contribution in [0.3, 0.4) is 0 Å². The number of carboxylic acid groups (broad SMARTS) is 1. The second kappa shape index (κ2) is 15.2. The predicted octanol–water partition coefficient (Wildman–Crippen LogP) is 2.31. The Labute approximate surface area is 231 Å². The Kier molecular flexibility index (Phi) is 12.4. The average Bonchev–Trinajstić information content (AvgIpc) is 2.87. The number of aliphatic hydroxyl groups is 2. The quantitative estimate of drug-likeness (QED) is 0.209. The molecule has 0 aliphatic rings. The maximum atomic E-state index is 12.2. The van der Waals surface area contributed by atoms with E-state index in [9.17, 15) is 19.8 Å². The van der Waals surface area contributed by atoms with E-state index in [0.29, 0.717) is 23.5 Å². The summed E-state index contributed by atoms with van der Waals surface area (Å²) in [4.78, 5) is 23.1. The molecule has 2 amide bonds. The van der Waals surface area contributed by atoms with E-state index in [2.05, 4.69) is 16.0 Å². The van der Waals surface area contributed by atoms with Crippen LogP contribution in [0.15, 0.2) is 78.9 Å². The van der Waals surface area contributed by atoms with Crippen molar-refractivity contribution < 1.29 is 29.6 Å². The zero-order valence-corrected chi connectivity index (χ0v) is 19.1. The second-order valence-electron chi connectivity index (χ2n) is 7.93. The van der Waals surface area contributed by atoms with E-state index in [1.807, 2.05) is 42.5 Å². The van der Waals surface area contributed by atoms with Crippen LogP contribution in [0.1, 0.15) is 15.9 Å². The molecular weight excluding hydrogens is 473 g/mol. The van der Waals surface area contributed by atoms with Gasteiger partial charge >= 0.3 is 41.6 Å². The Hall–Kier alpha value is -2.92. The molecule has 0 heterocycles. The number of rotatable bonds is 12. The van der Waals surface area contributed by atoms with Crippen LogP contribution in [-0.2, 0) is 6.42 Å². The first-order chi connectivity index (χ1) is 16.9. The van der Waals surface area contributed by atoms with Gasteiger partial charge in [0.1, 0.15) is 18.5 Å². The van der Waals surface area contributed by atoms with E-state index >= 15 is 0 Å². The van der Waals surface area contributed by atoms with Crippen molar-refractivity contribution >= 4 is 52.9 Å². The molecule has 0 saturated carbocycles. The Bertz CT molecular complexity index is 1080. The van der Waals surface area contributed by atoms with Crippen molar-refractivity contribution in [3.8, 4) is 5.75 Å². The van der Waals surface area contributed by atoms with Crippen molar-refractivity contribution in [3.05, 3.63) is 90.0 Å². The minimum atomic E-state index is -1.03. The Balaban J connectivity index is 0.00000456. The number of nitrogens with one attached hydrogen (secondary N) is 3. The van der Waals surface area contributed by atoms with Crippen LogP contribution in [0.2, 0.25) is 0 Å². The van der Waals surface area contributed by atoms with Crippen molar-refractivity contribution in [2.45, 2.75) is 18.6 Å². The van der Waals surface area contributed by atoms with Crippen molar-refractivity contribution in [2.75, 3.05) is 30.4 Å². The number of aliphatic hydroxyl groups excluding tert-OH is 2. The number of aromatic carboxylic acids is 1. The summed E-state index contributed by atoms with van der Waals surface area (Å²) in [6.45, 7) is 0.307. The number of benzene rings is 3. The van der Waals surface area contributed by atoms with E-state index in [0.717, 1.165) is 5.56 Å². The molecule has 0 aliphatic carbocycles. The molecule has 3 aromatic rings. The summed E-state index contributed by atoms with van der Waals surface area (Å²) in [6.07, 6.45) is -0.194. The second-order valence-corrected chi connectivity index (χ2v) is 7.93. The van der Waals surface area contributed by atoms with Gasteiger partial charge in [-0.3, -0.25) is 0 Å². The first-order valence-corrected chi connectivity index (χ1v) is 11.1. The van der Waals surface area contributed by atoms with Gasteiger partial charge in [-0.2, -0.15) is 0 Å². The molecule has 0 spiro atoms. The summed E-state index contributed by atoms with van der Waals surface area (Å²) >= 11 is 0. The number of ether oxygens (including phenoxy) is 1. The molecule has 0 fully saturated rings. The SMILES string of the molecule is O=C(Nc1ccc(C[C@@H](CO)NC[C@H](O)COc2ccccc2)cc1)Nc1ccc(C(=O)O)cc1.[NaH]. The van der Waals surface area contributed by atoms with Crippen LogP contribution in [0.25, 0.3) is 0 Å². The van der Waals surface area contributed by atoms with Crippen LogP contribution in [-0.4, -0.2) is 88.8 Å². The monoisotopic (exact) mass is 503 g/mol. The number of anilines is 2. The third-order valence-electron chi connectivity index (χ3n) is 5.13. The molecule has 0 radical (unpaired) electrons. The van der Waals surface area contributed by atoms with E-state index in [1.165, 1.54) is 24.3 Å². The third-order valence-corrected chi connectivity index (χ3v) is 5.13. The topological polar surface area (TPSA) is 140 Å². The molecule has 0 bridgehead atoms. The van der Waals surface area contributed by atoms with Gasteiger partial charge in [-0.1, -0.05) is 30.3 Å². The normalized spacial score (nSPS) is 12.1. The van der Waals surface area contributed by atoms with E-state index < -0.39 is 18.1 Å². The number of carbonyl (C=O) groups excluding carboxylic acids is 1. The minimum absolute atomic E-state index is 0. The molecule has 3 aromatic carbocycles. The summed E-state index contributed by atoms with van der Waals surface area (Å²) < 4.78 is 5.53. The zero-order valence-electron chi connectivity index (χ0n) is 19.1. The summed E-state index contributed by atoms with van der Waals surface area (Å²) in [5.74, 6) is -0.350.